The Morgan fingerprint density at radius 2 is 0.707 bits per heavy atom. The summed E-state index contributed by atoms with van der Waals surface area (Å²) in [4.78, 5) is 0. The number of ether oxygens (including phenoxy) is 8. The lowest BCUT2D eigenvalue weighted by Crippen LogP contribution is -2.14. The molecule has 3 aliphatic rings. The second-order valence-corrected chi connectivity index (χ2v) is 9.18. The first-order valence-electron chi connectivity index (χ1n) is 14.2. The van der Waals surface area contributed by atoms with Gasteiger partial charge in [0.1, 0.15) is 37.9 Å². The lowest BCUT2D eigenvalue weighted by Gasteiger charge is -2.13. The first kappa shape index (κ1) is 30.6. The van der Waals surface area contributed by atoms with Crippen LogP contribution in [0.2, 0.25) is 0 Å². The Morgan fingerprint density at radius 1 is 0.366 bits per heavy atom. The molecule has 3 aliphatic heterocycles. The molecule has 0 atom stereocenters. The summed E-state index contributed by atoms with van der Waals surface area (Å²) >= 11 is 0. The molecular formula is C32H41NO8. The maximum absolute atomic E-state index is 5.84. The molecule has 9 nitrogen and oxygen atoms in total. The number of para-hydroxylation sites is 2. The third-order valence-electron chi connectivity index (χ3n) is 6.06. The van der Waals surface area contributed by atoms with E-state index >= 15 is 0 Å². The summed E-state index contributed by atoms with van der Waals surface area (Å²) in [5, 5.41) is 3.47. The third kappa shape index (κ3) is 12.4. The molecule has 0 spiro atoms. The van der Waals surface area contributed by atoms with E-state index in [1.807, 2.05) is 48.5 Å². The van der Waals surface area contributed by atoms with Crippen LogP contribution in [0.5, 0.6) is 23.0 Å². The molecule has 222 valence electrons. The fourth-order valence-corrected chi connectivity index (χ4v) is 3.95. The Labute approximate surface area is 242 Å². The first-order chi connectivity index (χ1) is 20.4. The Balaban J connectivity index is 1.21. The van der Waals surface area contributed by atoms with Crippen molar-refractivity contribution in [1.82, 2.24) is 5.32 Å². The van der Waals surface area contributed by atoms with E-state index in [4.69, 9.17) is 37.9 Å². The average molecular weight is 568 g/mol. The van der Waals surface area contributed by atoms with Crippen LogP contribution in [0.4, 0.5) is 0 Å². The highest BCUT2D eigenvalue weighted by Gasteiger charge is 2.05. The molecule has 0 aliphatic carbocycles. The second kappa shape index (κ2) is 18.9. The summed E-state index contributed by atoms with van der Waals surface area (Å²) in [6.07, 6.45) is 0. The van der Waals surface area contributed by atoms with Crippen LogP contribution in [0.15, 0.2) is 72.8 Å². The lowest BCUT2D eigenvalue weighted by atomic mass is 10.2. The van der Waals surface area contributed by atoms with Gasteiger partial charge < -0.3 is 43.2 Å². The molecule has 0 aromatic heterocycles. The van der Waals surface area contributed by atoms with Crippen molar-refractivity contribution >= 4 is 0 Å². The topological polar surface area (TPSA) is 85.9 Å². The fourth-order valence-electron chi connectivity index (χ4n) is 3.95. The summed E-state index contributed by atoms with van der Waals surface area (Å²) < 4.78 is 45.7. The smallest absolute Gasteiger partial charge is 0.161 e. The summed E-state index contributed by atoms with van der Waals surface area (Å²) in [6.45, 7) is 7.19. The minimum Gasteiger partial charge on any atom is -0.491 e. The number of benzene rings is 3. The standard InChI is InChI=1S/C32H41NO8/c1-2-4-32-31(3-1)40-23-19-36-15-13-34-17-21-38-29-9-5-27(6-10-29)25-33-26-28-7-11-30(12-8-28)39-22-18-35-14-16-37-20-24-41-32/h1-12,33H,13-26H2. The largest absolute Gasteiger partial charge is 0.491 e. The number of nitrogens with one attached hydrogen (secondary N) is 1. The summed E-state index contributed by atoms with van der Waals surface area (Å²) in [5.74, 6) is 3.00. The quantitative estimate of drug-likeness (QED) is 0.428. The normalized spacial score (nSPS) is 17.7. The molecule has 0 saturated carbocycles. The Kier molecular flexibility index (Phi) is 14.1. The minimum atomic E-state index is 0.414. The van der Waals surface area contributed by atoms with Gasteiger partial charge in [-0.05, 0) is 47.5 Å². The molecule has 1 N–H and O–H groups in total. The van der Waals surface area contributed by atoms with Crippen LogP contribution in [0.25, 0.3) is 0 Å². The van der Waals surface area contributed by atoms with Crippen molar-refractivity contribution in [2.75, 3.05) is 79.3 Å². The monoisotopic (exact) mass is 567 g/mol. The van der Waals surface area contributed by atoms with Crippen LogP contribution in [0.3, 0.4) is 0 Å². The molecule has 0 unspecified atom stereocenters. The van der Waals surface area contributed by atoms with E-state index in [0.717, 1.165) is 24.6 Å². The number of hydrogen-bond donors (Lipinski definition) is 1. The van der Waals surface area contributed by atoms with E-state index in [1.54, 1.807) is 0 Å². The van der Waals surface area contributed by atoms with Crippen LogP contribution >= 0.6 is 0 Å². The van der Waals surface area contributed by atoms with Gasteiger partial charge in [0, 0.05) is 13.1 Å². The maximum atomic E-state index is 5.84. The van der Waals surface area contributed by atoms with E-state index in [2.05, 4.69) is 29.6 Å². The highest BCUT2D eigenvalue weighted by Crippen LogP contribution is 2.26. The van der Waals surface area contributed by atoms with Gasteiger partial charge >= 0.3 is 0 Å². The van der Waals surface area contributed by atoms with Crippen molar-refractivity contribution in [3.63, 3.8) is 0 Å². The number of hydrogen-bond acceptors (Lipinski definition) is 9. The van der Waals surface area contributed by atoms with Gasteiger partial charge in [0.15, 0.2) is 11.5 Å². The van der Waals surface area contributed by atoms with Crippen LogP contribution < -0.4 is 24.3 Å². The second-order valence-electron chi connectivity index (χ2n) is 9.18. The summed E-state index contributed by atoms with van der Waals surface area (Å²) in [7, 11) is 0. The van der Waals surface area contributed by atoms with Crippen LogP contribution in [0.1, 0.15) is 11.1 Å². The zero-order valence-electron chi connectivity index (χ0n) is 23.6. The molecular weight excluding hydrogens is 526 g/mol. The highest BCUT2D eigenvalue weighted by molar-refractivity contribution is 5.39. The summed E-state index contributed by atoms with van der Waals surface area (Å²) in [5.41, 5.74) is 2.38. The summed E-state index contributed by atoms with van der Waals surface area (Å²) in [6, 6.07) is 23.8. The predicted molar refractivity (Wildman–Crippen MR) is 155 cm³/mol. The zero-order chi connectivity index (χ0) is 28.2. The number of fused-ring (bicyclic) bond motifs is 2. The van der Waals surface area contributed by atoms with Crippen LogP contribution in [-0.2, 0) is 32.0 Å². The van der Waals surface area contributed by atoms with Crippen molar-refractivity contribution in [1.29, 1.82) is 0 Å². The Bertz CT molecular complexity index is 1010. The highest BCUT2D eigenvalue weighted by atomic mass is 16.6. The molecule has 4 bridgehead atoms. The van der Waals surface area contributed by atoms with Gasteiger partial charge in [0.05, 0.1) is 52.9 Å². The molecule has 9 heteroatoms. The van der Waals surface area contributed by atoms with Crippen molar-refractivity contribution in [2.24, 2.45) is 0 Å². The van der Waals surface area contributed by atoms with Crippen molar-refractivity contribution in [3.05, 3.63) is 83.9 Å². The van der Waals surface area contributed by atoms with E-state index in [1.165, 1.54) is 11.1 Å². The molecule has 41 heavy (non-hydrogen) atoms. The average Bonchev–Trinajstić information content (AvgIpc) is 3.00. The van der Waals surface area contributed by atoms with Gasteiger partial charge in [0.2, 0.25) is 0 Å². The van der Waals surface area contributed by atoms with Gasteiger partial charge in [-0.25, -0.2) is 0 Å². The van der Waals surface area contributed by atoms with Crippen molar-refractivity contribution < 1.29 is 37.9 Å². The molecule has 3 heterocycles. The van der Waals surface area contributed by atoms with Crippen molar-refractivity contribution in [3.8, 4) is 23.0 Å². The molecule has 0 radical (unpaired) electrons. The van der Waals surface area contributed by atoms with Gasteiger partial charge in [-0.3, -0.25) is 0 Å². The van der Waals surface area contributed by atoms with E-state index < -0.39 is 0 Å². The van der Waals surface area contributed by atoms with Crippen LogP contribution in [0, 0.1) is 0 Å². The van der Waals surface area contributed by atoms with Gasteiger partial charge in [-0.2, -0.15) is 0 Å². The third-order valence-corrected chi connectivity index (χ3v) is 6.06. The molecule has 6 rings (SSSR count). The van der Waals surface area contributed by atoms with Gasteiger partial charge in [0.25, 0.3) is 0 Å². The SMILES string of the molecule is c1ccc2c(c1)OCCOCCOCCOc1ccc(cc1)CNCc1ccc(cc1)OCCOCCOCCO2. The molecule has 0 saturated heterocycles. The molecule has 3 aromatic carbocycles. The molecule has 3 aromatic rings. The van der Waals surface area contributed by atoms with Crippen LogP contribution in [-0.4, -0.2) is 79.3 Å². The Hall–Kier alpha value is -3.34. The zero-order valence-corrected chi connectivity index (χ0v) is 23.6. The van der Waals surface area contributed by atoms with E-state index in [0.29, 0.717) is 90.8 Å². The van der Waals surface area contributed by atoms with E-state index in [-0.39, 0.29) is 0 Å². The van der Waals surface area contributed by atoms with Crippen molar-refractivity contribution in [2.45, 2.75) is 13.1 Å². The minimum absolute atomic E-state index is 0.414. The van der Waals surface area contributed by atoms with Gasteiger partial charge in [-0.15, -0.1) is 0 Å². The molecule has 0 amide bonds. The molecule has 0 fully saturated rings. The fraction of sp³-hybridized carbons (Fsp3) is 0.438. The Morgan fingerprint density at radius 3 is 1.10 bits per heavy atom. The number of rotatable bonds is 0. The van der Waals surface area contributed by atoms with Gasteiger partial charge in [-0.1, -0.05) is 36.4 Å². The first-order valence-corrected chi connectivity index (χ1v) is 14.2. The van der Waals surface area contributed by atoms with E-state index in [9.17, 15) is 0 Å². The maximum Gasteiger partial charge on any atom is 0.161 e. The lowest BCUT2D eigenvalue weighted by molar-refractivity contribution is 0.0247. The predicted octanol–water partition coefficient (Wildman–Crippen LogP) is 4.27.